The summed E-state index contributed by atoms with van der Waals surface area (Å²) in [5.41, 5.74) is 2.53. The van der Waals surface area contributed by atoms with Crippen molar-refractivity contribution in [3.8, 4) is 0 Å². The second-order valence-corrected chi connectivity index (χ2v) is 5.53. The predicted octanol–water partition coefficient (Wildman–Crippen LogP) is 1.30. The topological polar surface area (TPSA) is 96.1 Å². The number of thioether (sulfide) groups is 1. The maximum absolute atomic E-state index is 8.98. The molecular weight excluding hydrogens is 250 g/mol. The Morgan fingerprint density at radius 2 is 2.06 bits per heavy atom. The third-order valence-corrected chi connectivity index (χ3v) is 3.12. The quantitative estimate of drug-likeness (QED) is 0.257. The van der Waals surface area contributed by atoms with Crippen LogP contribution in [0.3, 0.4) is 0 Å². The van der Waals surface area contributed by atoms with Crippen LogP contribution in [-0.4, -0.2) is 34.5 Å². The predicted molar refractivity (Wildman–Crippen MR) is 75.6 cm³/mol. The fourth-order valence-corrected chi connectivity index (χ4v) is 1.78. The Morgan fingerprint density at radius 3 is 2.61 bits per heavy atom. The van der Waals surface area contributed by atoms with Gasteiger partial charge in [0.25, 0.3) is 0 Å². The number of nitrogens with two attached hydrogens (primary N) is 1. The van der Waals surface area contributed by atoms with E-state index in [9.17, 15) is 0 Å². The number of hydrogen-bond donors (Lipinski definition) is 4. The number of aliphatic hydroxyl groups is 1. The molecule has 0 amide bonds. The number of anilines is 2. The van der Waals surface area contributed by atoms with Crippen molar-refractivity contribution in [2.24, 2.45) is 11.3 Å². The lowest BCUT2D eigenvalue weighted by Gasteiger charge is -2.24. The molecule has 1 rings (SSSR count). The van der Waals surface area contributed by atoms with Crippen LogP contribution < -0.4 is 16.6 Å². The van der Waals surface area contributed by atoms with E-state index in [0.717, 1.165) is 18.8 Å². The summed E-state index contributed by atoms with van der Waals surface area (Å²) < 4.78 is 0. The van der Waals surface area contributed by atoms with E-state index in [2.05, 4.69) is 34.6 Å². The number of nitrogens with zero attached hydrogens (tertiary/aromatic N) is 2. The standard InChI is InChI=1S/C11H21N5OS/c1-11(2,4-5-17)7-13-8-6-9(16-12)15-10(14-8)18-3/h6,17H,4-5,7,12H2,1-3H3,(H2,13,14,15,16). The molecule has 1 aromatic rings. The molecule has 0 aromatic carbocycles. The highest BCUT2D eigenvalue weighted by Crippen LogP contribution is 2.22. The first kappa shape index (κ1) is 15.0. The molecule has 0 saturated carbocycles. The van der Waals surface area contributed by atoms with Crippen molar-refractivity contribution in [2.75, 3.05) is 30.1 Å². The molecule has 0 atom stereocenters. The van der Waals surface area contributed by atoms with Gasteiger partial charge in [-0.25, -0.2) is 15.8 Å². The van der Waals surface area contributed by atoms with Gasteiger partial charge in [0.2, 0.25) is 0 Å². The van der Waals surface area contributed by atoms with Gasteiger partial charge in [0.05, 0.1) is 0 Å². The molecule has 0 saturated heterocycles. The highest BCUT2D eigenvalue weighted by Gasteiger charge is 2.17. The highest BCUT2D eigenvalue weighted by atomic mass is 32.2. The Labute approximate surface area is 112 Å². The first-order valence-corrected chi connectivity index (χ1v) is 6.97. The second kappa shape index (κ2) is 6.77. The third kappa shape index (κ3) is 4.67. The molecule has 0 aliphatic rings. The molecule has 0 fully saturated rings. The Balaban J connectivity index is 2.72. The number of nitrogen functional groups attached to an aromatic ring is 1. The van der Waals surface area contributed by atoms with E-state index in [1.54, 1.807) is 6.07 Å². The van der Waals surface area contributed by atoms with Crippen LogP contribution in [0, 0.1) is 5.41 Å². The zero-order valence-electron chi connectivity index (χ0n) is 11.0. The van der Waals surface area contributed by atoms with Crippen LogP contribution in [0.1, 0.15) is 20.3 Å². The highest BCUT2D eigenvalue weighted by molar-refractivity contribution is 7.98. The Hall–Kier alpha value is -1.05. The van der Waals surface area contributed by atoms with Crippen molar-refractivity contribution >= 4 is 23.4 Å². The summed E-state index contributed by atoms with van der Waals surface area (Å²) in [4.78, 5) is 8.53. The smallest absolute Gasteiger partial charge is 0.191 e. The van der Waals surface area contributed by atoms with Gasteiger partial charge in [-0.2, -0.15) is 0 Å². The van der Waals surface area contributed by atoms with E-state index in [4.69, 9.17) is 10.9 Å². The molecular formula is C11H21N5OS. The lowest BCUT2D eigenvalue weighted by atomic mass is 9.90. The lowest BCUT2D eigenvalue weighted by Crippen LogP contribution is -2.25. The summed E-state index contributed by atoms with van der Waals surface area (Å²) in [7, 11) is 0. The van der Waals surface area contributed by atoms with Crippen LogP contribution in [0.5, 0.6) is 0 Å². The van der Waals surface area contributed by atoms with Crippen LogP contribution in [-0.2, 0) is 0 Å². The molecule has 1 heterocycles. The zero-order valence-corrected chi connectivity index (χ0v) is 11.8. The van der Waals surface area contributed by atoms with Crippen molar-refractivity contribution in [3.63, 3.8) is 0 Å². The monoisotopic (exact) mass is 271 g/mol. The van der Waals surface area contributed by atoms with Gasteiger partial charge in [-0.1, -0.05) is 25.6 Å². The van der Waals surface area contributed by atoms with E-state index in [1.165, 1.54) is 11.8 Å². The number of hydrogen-bond acceptors (Lipinski definition) is 7. The molecule has 6 nitrogen and oxygen atoms in total. The van der Waals surface area contributed by atoms with Crippen LogP contribution in [0.4, 0.5) is 11.6 Å². The Kier molecular flexibility index (Phi) is 5.64. The van der Waals surface area contributed by atoms with Crippen molar-refractivity contribution in [3.05, 3.63) is 6.07 Å². The van der Waals surface area contributed by atoms with Gasteiger partial charge in [0.15, 0.2) is 5.16 Å². The van der Waals surface area contributed by atoms with Gasteiger partial charge in [0.1, 0.15) is 11.6 Å². The van der Waals surface area contributed by atoms with Crippen LogP contribution in [0.25, 0.3) is 0 Å². The molecule has 5 N–H and O–H groups in total. The van der Waals surface area contributed by atoms with Gasteiger partial charge >= 0.3 is 0 Å². The molecule has 1 aromatic heterocycles. The second-order valence-electron chi connectivity index (χ2n) is 4.76. The molecule has 0 aliphatic carbocycles. The number of nitrogens with one attached hydrogen (secondary N) is 2. The minimum absolute atomic E-state index is 0.00945. The molecule has 0 radical (unpaired) electrons. The van der Waals surface area contributed by atoms with Crippen LogP contribution in [0.15, 0.2) is 11.2 Å². The maximum atomic E-state index is 8.98. The molecule has 7 heteroatoms. The van der Waals surface area contributed by atoms with Gasteiger partial charge in [-0.15, -0.1) is 0 Å². The van der Waals surface area contributed by atoms with Crippen molar-refractivity contribution in [1.82, 2.24) is 9.97 Å². The van der Waals surface area contributed by atoms with Gasteiger partial charge < -0.3 is 15.8 Å². The summed E-state index contributed by atoms with van der Waals surface area (Å²) in [5, 5.41) is 12.9. The summed E-state index contributed by atoms with van der Waals surface area (Å²) in [6.07, 6.45) is 2.65. The van der Waals surface area contributed by atoms with Crippen molar-refractivity contribution < 1.29 is 5.11 Å². The lowest BCUT2D eigenvalue weighted by molar-refractivity contribution is 0.220. The molecule has 0 unspecified atom stereocenters. The number of rotatable bonds is 7. The number of aliphatic hydroxyl groups excluding tert-OH is 1. The maximum Gasteiger partial charge on any atom is 0.191 e. The minimum Gasteiger partial charge on any atom is -0.396 e. The number of aromatic nitrogens is 2. The molecule has 0 aliphatic heterocycles. The Bertz CT molecular complexity index is 363. The van der Waals surface area contributed by atoms with E-state index < -0.39 is 0 Å². The van der Waals surface area contributed by atoms with Crippen molar-refractivity contribution in [1.29, 1.82) is 0 Å². The first-order chi connectivity index (χ1) is 8.50. The average molecular weight is 271 g/mol. The van der Waals surface area contributed by atoms with Crippen LogP contribution >= 0.6 is 11.8 Å². The van der Waals surface area contributed by atoms with E-state index in [1.807, 2.05) is 6.26 Å². The van der Waals surface area contributed by atoms with Gasteiger partial charge in [-0.05, 0) is 18.1 Å². The summed E-state index contributed by atoms with van der Waals surface area (Å²) >= 11 is 1.46. The Morgan fingerprint density at radius 1 is 1.39 bits per heavy atom. The fourth-order valence-electron chi connectivity index (χ4n) is 1.40. The van der Waals surface area contributed by atoms with Gasteiger partial charge in [-0.3, -0.25) is 0 Å². The fraction of sp³-hybridized carbons (Fsp3) is 0.636. The average Bonchev–Trinajstić information content (AvgIpc) is 2.36. The van der Waals surface area contributed by atoms with Gasteiger partial charge in [0, 0.05) is 19.2 Å². The normalized spacial score (nSPS) is 11.4. The van der Waals surface area contributed by atoms with E-state index in [-0.39, 0.29) is 12.0 Å². The first-order valence-electron chi connectivity index (χ1n) is 5.75. The largest absolute Gasteiger partial charge is 0.396 e. The van der Waals surface area contributed by atoms with Crippen molar-refractivity contribution in [2.45, 2.75) is 25.4 Å². The minimum atomic E-state index is 0.00945. The summed E-state index contributed by atoms with van der Waals surface area (Å²) in [6.45, 7) is 5.09. The zero-order chi connectivity index (χ0) is 13.6. The molecule has 18 heavy (non-hydrogen) atoms. The van der Waals surface area contributed by atoms with Crippen LogP contribution in [0.2, 0.25) is 0 Å². The number of hydrazine groups is 1. The summed E-state index contributed by atoms with van der Waals surface area (Å²) in [6, 6.07) is 1.76. The molecule has 0 spiro atoms. The third-order valence-electron chi connectivity index (χ3n) is 2.57. The molecule has 0 bridgehead atoms. The van der Waals surface area contributed by atoms with E-state index in [0.29, 0.717) is 11.0 Å². The summed E-state index contributed by atoms with van der Waals surface area (Å²) in [5.74, 6) is 6.67. The molecule has 102 valence electrons. The van der Waals surface area contributed by atoms with E-state index >= 15 is 0 Å². The SMILES string of the molecule is CSc1nc(NN)cc(NCC(C)(C)CCO)n1.